The Bertz CT molecular complexity index is 537. The van der Waals surface area contributed by atoms with Crippen LogP contribution in [-0.2, 0) is 14.8 Å². The van der Waals surface area contributed by atoms with Crippen LogP contribution in [-0.4, -0.2) is 50.2 Å². The molecule has 8 heteroatoms. The molecule has 0 aromatic carbocycles. The van der Waals surface area contributed by atoms with Crippen molar-refractivity contribution in [3.05, 3.63) is 11.4 Å². The lowest BCUT2D eigenvalue weighted by Gasteiger charge is -2.30. The van der Waals surface area contributed by atoms with Gasteiger partial charge in [-0.05, 0) is 6.07 Å². The topological polar surface area (TPSA) is 83.7 Å². The van der Waals surface area contributed by atoms with E-state index in [1.54, 1.807) is 12.4 Å². The van der Waals surface area contributed by atoms with Crippen molar-refractivity contribution in [3.8, 4) is 0 Å². The number of anilines is 1. The van der Waals surface area contributed by atoms with Crippen LogP contribution < -0.4 is 5.73 Å². The van der Waals surface area contributed by atoms with Crippen LogP contribution in [0.4, 0.5) is 5.69 Å². The van der Waals surface area contributed by atoms with Gasteiger partial charge in [0.15, 0.2) is 0 Å². The summed E-state index contributed by atoms with van der Waals surface area (Å²) in [6, 6.07) is 1.42. The zero-order valence-electron chi connectivity index (χ0n) is 9.29. The first-order valence-corrected chi connectivity index (χ1v) is 7.31. The second-order valence-corrected chi connectivity index (χ2v) is 6.93. The molecule has 6 nitrogen and oxygen atoms in total. The normalized spacial score (nSPS) is 18.6. The zero-order chi connectivity index (χ0) is 12.6. The first kappa shape index (κ1) is 12.3. The number of thiophene rings is 1. The molecular weight excluding hydrogens is 262 g/mol. The fourth-order valence-electron chi connectivity index (χ4n) is 1.53. The number of hydrogen-bond acceptors (Lipinski definition) is 5. The summed E-state index contributed by atoms with van der Waals surface area (Å²) in [5.41, 5.74) is 5.93. The van der Waals surface area contributed by atoms with Crippen LogP contribution in [0.2, 0.25) is 0 Å². The van der Waals surface area contributed by atoms with Crippen molar-refractivity contribution in [2.24, 2.45) is 0 Å². The van der Waals surface area contributed by atoms with Crippen LogP contribution in [0.3, 0.4) is 0 Å². The first-order chi connectivity index (χ1) is 7.91. The summed E-state index contributed by atoms with van der Waals surface area (Å²) < 4.78 is 25.7. The number of nitrogen functional groups attached to an aromatic ring is 1. The average molecular weight is 275 g/mol. The number of amides is 1. The van der Waals surface area contributed by atoms with Crippen LogP contribution in [0.25, 0.3) is 0 Å². The Morgan fingerprint density at radius 1 is 1.41 bits per heavy atom. The van der Waals surface area contributed by atoms with Crippen molar-refractivity contribution < 1.29 is 13.2 Å². The number of nitrogens with two attached hydrogens (primary N) is 1. The Hall–Kier alpha value is -1.12. The molecule has 0 bridgehead atoms. The van der Waals surface area contributed by atoms with Gasteiger partial charge in [0.1, 0.15) is 4.21 Å². The Morgan fingerprint density at radius 3 is 2.65 bits per heavy atom. The van der Waals surface area contributed by atoms with E-state index in [0.717, 1.165) is 11.3 Å². The molecule has 2 N–H and O–H groups in total. The SMILES string of the molecule is CN1CCN(S(=O)(=O)c2cc(N)cs2)CC1=O. The van der Waals surface area contributed by atoms with Crippen LogP contribution >= 0.6 is 11.3 Å². The summed E-state index contributed by atoms with van der Waals surface area (Å²) in [7, 11) is -1.91. The molecule has 0 saturated carbocycles. The fourth-order valence-corrected chi connectivity index (χ4v) is 4.15. The van der Waals surface area contributed by atoms with Gasteiger partial charge in [-0.1, -0.05) is 0 Å². The van der Waals surface area contributed by atoms with Gasteiger partial charge in [0.2, 0.25) is 5.91 Å². The van der Waals surface area contributed by atoms with Crippen molar-refractivity contribution in [3.63, 3.8) is 0 Å². The predicted molar refractivity (Wildman–Crippen MR) is 65.1 cm³/mol. The predicted octanol–water partition coefficient (Wildman–Crippen LogP) is -0.207. The minimum Gasteiger partial charge on any atom is -0.398 e. The zero-order valence-corrected chi connectivity index (χ0v) is 10.9. The summed E-state index contributed by atoms with van der Waals surface area (Å²) >= 11 is 1.07. The van der Waals surface area contributed by atoms with E-state index in [4.69, 9.17) is 5.73 Å². The van der Waals surface area contributed by atoms with E-state index in [0.29, 0.717) is 18.8 Å². The first-order valence-electron chi connectivity index (χ1n) is 4.99. The van der Waals surface area contributed by atoms with Gasteiger partial charge in [0, 0.05) is 31.2 Å². The molecule has 1 fully saturated rings. The maximum Gasteiger partial charge on any atom is 0.253 e. The summed E-state index contributed by atoms with van der Waals surface area (Å²) in [4.78, 5) is 13.0. The molecule has 1 aromatic heterocycles. The summed E-state index contributed by atoms with van der Waals surface area (Å²) in [6.45, 7) is 0.637. The van der Waals surface area contributed by atoms with E-state index in [-0.39, 0.29) is 16.7 Å². The Kier molecular flexibility index (Phi) is 3.11. The van der Waals surface area contributed by atoms with E-state index in [1.807, 2.05) is 0 Å². The second-order valence-electron chi connectivity index (χ2n) is 3.85. The number of carbonyl (C=O) groups excluding carboxylic acids is 1. The highest BCUT2D eigenvalue weighted by molar-refractivity contribution is 7.91. The number of rotatable bonds is 2. The summed E-state index contributed by atoms with van der Waals surface area (Å²) in [5, 5.41) is 1.57. The molecule has 0 radical (unpaired) electrons. The van der Waals surface area contributed by atoms with Gasteiger partial charge in [-0.25, -0.2) is 8.42 Å². The Labute approximate surface area is 104 Å². The fraction of sp³-hybridized carbons (Fsp3) is 0.444. The van der Waals surface area contributed by atoms with Gasteiger partial charge in [0.25, 0.3) is 10.0 Å². The maximum atomic E-state index is 12.2. The van der Waals surface area contributed by atoms with Crippen molar-refractivity contribution in [2.75, 3.05) is 32.4 Å². The number of nitrogens with zero attached hydrogens (tertiary/aromatic N) is 2. The smallest absolute Gasteiger partial charge is 0.253 e. The summed E-state index contributed by atoms with van der Waals surface area (Å²) in [6.07, 6.45) is 0. The molecule has 0 aliphatic carbocycles. The van der Waals surface area contributed by atoms with E-state index < -0.39 is 10.0 Å². The third-order valence-corrected chi connectivity index (χ3v) is 5.89. The van der Waals surface area contributed by atoms with E-state index in [2.05, 4.69) is 0 Å². The van der Waals surface area contributed by atoms with Crippen LogP contribution in [0.5, 0.6) is 0 Å². The van der Waals surface area contributed by atoms with E-state index in [9.17, 15) is 13.2 Å². The van der Waals surface area contributed by atoms with Crippen LogP contribution in [0.1, 0.15) is 0 Å². The molecule has 1 aliphatic rings. The van der Waals surface area contributed by atoms with Crippen molar-refractivity contribution in [1.82, 2.24) is 9.21 Å². The molecule has 2 heterocycles. The molecule has 94 valence electrons. The molecule has 2 rings (SSSR count). The number of likely N-dealkylation sites (N-methyl/N-ethyl adjacent to an activating group) is 1. The molecule has 0 spiro atoms. The van der Waals surface area contributed by atoms with Gasteiger partial charge in [-0.2, -0.15) is 4.31 Å². The molecular formula is C9H13N3O3S2. The van der Waals surface area contributed by atoms with E-state index >= 15 is 0 Å². The standard InChI is InChI=1S/C9H13N3O3S2/c1-11-2-3-12(5-8(11)13)17(14,15)9-4-7(10)6-16-9/h4,6H,2-3,5,10H2,1H3. The lowest BCUT2D eigenvalue weighted by molar-refractivity contribution is -0.132. The highest BCUT2D eigenvalue weighted by Gasteiger charge is 2.32. The molecule has 0 unspecified atom stereocenters. The van der Waals surface area contributed by atoms with Crippen molar-refractivity contribution >= 4 is 33.0 Å². The van der Waals surface area contributed by atoms with Crippen molar-refractivity contribution in [2.45, 2.75) is 4.21 Å². The lowest BCUT2D eigenvalue weighted by Crippen LogP contribution is -2.50. The number of hydrogen-bond donors (Lipinski definition) is 1. The van der Waals surface area contributed by atoms with Crippen molar-refractivity contribution in [1.29, 1.82) is 0 Å². The van der Waals surface area contributed by atoms with Crippen LogP contribution in [0, 0.1) is 0 Å². The third-order valence-electron chi connectivity index (χ3n) is 2.61. The Morgan fingerprint density at radius 2 is 2.12 bits per heavy atom. The monoisotopic (exact) mass is 275 g/mol. The highest BCUT2D eigenvalue weighted by Crippen LogP contribution is 2.25. The van der Waals surface area contributed by atoms with Gasteiger partial charge in [-0.15, -0.1) is 11.3 Å². The molecule has 0 atom stereocenters. The summed E-state index contributed by atoms with van der Waals surface area (Å²) in [5.74, 6) is -0.190. The van der Waals surface area contributed by atoms with E-state index in [1.165, 1.54) is 15.3 Å². The lowest BCUT2D eigenvalue weighted by atomic mass is 10.4. The van der Waals surface area contributed by atoms with Gasteiger partial charge in [0.05, 0.1) is 6.54 Å². The van der Waals surface area contributed by atoms with Crippen LogP contribution in [0.15, 0.2) is 15.7 Å². The largest absolute Gasteiger partial charge is 0.398 e. The molecule has 1 aliphatic heterocycles. The molecule has 1 amide bonds. The minimum absolute atomic E-state index is 0.101. The molecule has 1 aromatic rings. The Balaban J connectivity index is 2.25. The molecule has 17 heavy (non-hydrogen) atoms. The minimum atomic E-state index is -3.57. The third kappa shape index (κ3) is 2.28. The number of carbonyl (C=O) groups is 1. The maximum absolute atomic E-state index is 12.2. The van der Waals surface area contributed by atoms with Gasteiger partial charge in [-0.3, -0.25) is 4.79 Å². The van der Waals surface area contributed by atoms with Gasteiger partial charge < -0.3 is 10.6 Å². The number of piperazine rings is 1. The van der Waals surface area contributed by atoms with Gasteiger partial charge >= 0.3 is 0 Å². The molecule has 1 saturated heterocycles. The highest BCUT2D eigenvalue weighted by atomic mass is 32.2. The average Bonchev–Trinajstić information content (AvgIpc) is 2.69. The number of sulfonamides is 1. The quantitative estimate of drug-likeness (QED) is 0.809. The second kappa shape index (κ2) is 4.28.